The van der Waals surface area contributed by atoms with Crippen LogP contribution in [0.15, 0.2) is 29.2 Å². The van der Waals surface area contributed by atoms with Gasteiger partial charge in [0.1, 0.15) is 5.82 Å². The van der Waals surface area contributed by atoms with Crippen molar-refractivity contribution in [1.82, 2.24) is 24.8 Å². The predicted octanol–water partition coefficient (Wildman–Crippen LogP) is 1.62. The van der Waals surface area contributed by atoms with Crippen LogP contribution in [0.1, 0.15) is 35.9 Å². The molecule has 146 valence electrons. The first-order chi connectivity index (χ1) is 12.9. The zero-order valence-corrected chi connectivity index (χ0v) is 16.7. The third-order valence-electron chi connectivity index (χ3n) is 4.45. The Morgan fingerprint density at radius 1 is 1.41 bits per heavy atom. The van der Waals surface area contributed by atoms with Crippen LogP contribution < -0.4 is 10.0 Å². The van der Waals surface area contributed by atoms with Crippen LogP contribution in [0.5, 0.6) is 0 Å². The van der Waals surface area contributed by atoms with Crippen LogP contribution in [-0.4, -0.2) is 42.2 Å². The number of aromatic nitrogens is 3. The van der Waals surface area contributed by atoms with Crippen molar-refractivity contribution < 1.29 is 13.2 Å². The van der Waals surface area contributed by atoms with E-state index in [9.17, 15) is 13.2 Å². The standard InChI is InChI=1S/C17H23N5O3S2/c1-2-22-15(20-21-17(22)26)8-9-18-16(23)13-4-3-5-14(10-13)27(24,25)19-11-12-6-7-12/h3-5,10,12,19H,2,6-9,11H2,1H3,(H,18,23)(H,21,26). The topological polar surface area (TPSA) is 109 Å². The Morgan fingerprint density at radius 3 is 2.89 bits per heavy atom. The zero-order valence-electron chi connectivity index (χ0n) is 15.1. The Hall–Kier alpha value is -2.04. The number of nitrogens with one attached hydrogen (secondary N) is 3. The smallest absolute Gasteiger partial charge is 0.251 e. The number of H-pyrrole nitrogens is 1. The van der Waals surface area contributed by atoms with Gasteiger partial charge in [0, 0.05) is 31.6 Å². The van der Waals surface area contributed by atoms with Crippen molar-refractivity contribution in [3.63, 3.8) is 0 Å². The molecule has 0 spiro atoms. The molecule has 2 aromatic rings. The van der Waals surface area contributed by atoms with Gasteiger partial charge in [-0.1, -0.05) is 6.07 Å². The van der Waals surface area contributed by atoms with Gasteiger partial charge in [0.25, 0.3) is 5.91 Å². The molecule has 1 heterocycles. The summed E-state index contributed by atoms with van der Waals surface area (Å²) in [6, 6.07) is 6.05. The van der Waals surface area contributed by atoms with Gasteiger partial charge in [0.15, 0.2) is 4.77 Å². The van der Waals surface area contributed by atoms with Gasteiger partial charge in [-0.2, -0.15) is 5.10 Å². The first-order valence-electron chi connectivity index (χ1n) is 8.92. The average Bonchev–Trinajstić information content (AvgIpc) is 3.43. The molecule has 1 fully saturated rings. The van der Waals surface area contributed by atoms with Gasteiger partial charge in [0.05, 0.1) is 4.90 Å². The molecule has 0 radical (unpaired) electrons. The predicted molar refractivity (Wildman–Crippen MR) is 103 cm³/mol. The first kappa shape index (κ1) is 19.7. The molecule has 0 unspecified atom stereocenters. The molecule has 0 aliphatic heterocycles. The molecule has 3 rings (SSSR count). The molecule has 0 atom stereocenters. The summed E-state index contributed by atoms with van der Waals surface area (Å²) < 4.78 is 29.7. The van der Waals surface area contributed by atoms with E-state index in [0.29, 0.717) is 42.3 Å². The number of rotatable bonds is 9. The molecule has 10 heteroatoms. The number of sulfonamides is 1. The van der Waals surface area contributed by atoms with Crippen molar-refractivity contribution in [3.05, 3.63) is 40.4 Å². The second kappa shape index (κ2) is 8.32. The van der Waals surface area contributed by atoms with E-state index in [0.717, 1.165) is 18.7 Å². The van der Waals surface area contributed by atoms with E-state index in [1.165, 1.54) is 12.1 Å². The van der Waals surface area contributed by atoms with Crippen LogP contribution >= 0.6 is 12.2 Å². The summed E-state index contributed by atoms with van der Waals surface area (Å²) in [6.45, 7) is 3.49. The van der Waals surface area contributed by atoms with Crippen LogP contribution in [0.25, 0.3) is 0 Å². The number of carbonyl (C=O) groups excluding carboxylic acids is 1. The van der Waals surface area contributed by atoms with Crippen LogP contribution in [0.3, 0.4) is 0 Å². The van der Waals surface area contributed by atoms with Gasteiger partial charge >= 0.3 is 0 Å². The van der Waals surface area contributed by atoms with Gasteiger partial charge in [-0.3, -0.25) is 9.89 Å². The Bertz CT molecular complexity index is 976. The fraction of sp³-hybridized carbons (Fsp3) is 0.471. The van der Waals surface area contributed by atoms with E-state index in [-0.39, 0.29) is 10.8 Å². The number of aromatic amines is 1. The van der Waals surface area contributed by atoms with E-state index in [1.54, 1.807) is 12.1 Å². The molecule has 3 N–H and O–H groups in total. The Morgan fingerprint density at radius 2 is 2.19 bits per heavy atom. The summed E-state index contributed by atoms with van der Waals surface area (Å²) in [7, 11) is -3.60. The third-order valence-corrected chi connectivity index (χ3v) is 6.19. The molecule has 27 heavy (non-hydrogen) atoms. The monoisotopic (exact) mass is 409 g/mol. The van der Waals surface area contributed by atoms with Crippen LogP contribution in [0.4, 0.5) is 0 Å². The highest BCUT2D eigenvalue weighted by Crippen LogP contribution is 2.28. The lowest BCUT2D eigenvalue weighted by atomic mass is 10.2. The highest BCUT2D eigenvalue weighted by molar-refractivity contribution is 7.89. The van der Waals surface area contributed by atoms with E-state index < -0.39 is 10.0 Å². The minimum atomic E-state index is -3.60. The number of amides is 1. The summed E-state index contributed by atoms with van der Waals surface area (Å²) in [6.07, 6.45) is 2.64. The lowest BCUT2D eigenvalue weighted by molar-refractivity contribution is 0.0953. The average molecular weight is 410 g/mol. The van der Waals surface area contributed by atoms with Crippen molar-refractivity contribution in [2.24, 2.45) is 5.92 Å². The Balaban J connectivity index is 1.60. The SMILES string of the molecule is CCn1c(CCNC(=O)c2cccc(S(=O)(=O)NCC3CC3)c2)n[nH]c1=S. The summed E-state index contributed by atoms with van der Waals surface area (Å²) in [5.74, 6) is 0.879. The summed E-state index contributed by atoms with van der Waals surface area (Å²) in [4.78, 5) is 12.5. The van der Waals surface area contributed by atoms with Gasteiger partial charge in [-0.25, -0.2) is 13.1 Å². The van der Waals surface area contributed by atoms with E-state index in [4.69, 9.17) is 12.2 Å². The lowest BCUT2D eigenvalue weighted by Crippen LogP contribution is -2.28. The summed E-state index contributed by atoms with van der Waals surface area (Å²) >= 11 is 5.14. The second-order valence-corrected chi connectivity index (χ2v) is 8.67. The number of nitrogens with zero attached hydrogens (tertiary/aromatic N) is 2. The maximum Gasteiger partial charge on any atom is 0.251 e. The largest absolute Gasteiger partial charge is 0.352 e. The molecular formula is C17H23N5O3S2. The van der Waals surface area contributed by atoms with Crippen molar-refractivity contribution in [2.75, 3.05) is 13.1 Å². The molecule has 1 aliphatic carbocycles. The quantitative estimate of drug-likeness (QED) is 0.546. The van der Waals surface area contributed by atoms with Gasteiger partial charge in [-0.15, -0.1) is 0 Å². The fourth-order valence-electron chi connectivity index (χ4n) is 2.69. The van der Waals surface area contributed by atoms with Crippen molar-refractivity contribution in [3.8, 4) is 0 Å². The fourth-order valence-corrected chi connectivity index (χ4v) is 4.14. The molecule has 1 amide bonds. The second-order valence-electron chi connectivity index (χ2n) is 6.52. The number of hydrogen-bond donors (Lipinski definition) is 3. The maximum absolute atomic E-state index is 12.4. The zero-order chi connectivity index (χ0) is 19.4. The summed E-state index contributed by atoms with van der Waals surface area (Å²) in [5, 5.41) is 9.68. The molecular weight excluding hydrogens is 386 g/mol. The van der Waals surface area contributed by atoms with Crippen molar-refractivity contribution in [2.45, 2.75) is 37.6 Å². The molecule has 0 bridgehead atoms. The normalized spacial score (nSPS) is 14.3. The molecule has 1 aromatic heterocycles. The Labute approximate surface area is 163 Å². The molecule has 0 saturated heterocycles. The van der Waals surface area contributed by atoms with Crippen LogP contribution in [0, 0.1) is 10.7 Å². The highest BCUT2D eigenvalue weighted by Gasteiger charge is 2.24. The Kier molecular flexibility index (Phi) is 6.08. The maximum atomic E-state index is 12.4. The lowest BCUT2D eigenvalue weighted by Gasteiger charge is -2.09. The number of benzene rings is 1. The highest BCUT2D eigenvalue weighted by atomic mass is 32.2. The molecule has 8 nitrogen and oxygen atoms in total. The van der Waals surface area contributed by atoms with Gasteiger partial charge in [-0.05, 0) is 56.1 Å². The number of hydrogen-bond acceptors (Lipinski definition) is 5. The van der Waals surface area contributed by atoms with Gasteiger partial charge in [0.2, 0.25) is 10.0 Å². The van der Waals surface area contributed by atoms with Gasteiger partial charge < -0.3 is 9.88 Å². The third kappa shape index (κ3) is 5.02. The van der Waals surface area contributed by atoms with Crippen LogP contribution in [0.2, 0.25) is 0 Å². The van der Waals surface area contributed by atoms with E-state index in [1.807, 2.05) is 11.5 Å². The minimum absolute atomic E-state index is 0.0997. The first-order valence-corrected chi connectivity index (χ1v) is 10.8. The number of carbonyl (C=O) groups is 1. The molecule has 1 aliphatic rings. The minimum Gasteiger partial charge on any atom is -0.352 e. The van der Waals surface area contributed by atoms with Crippen molar-refractivity contribution in [1.29, 1.82) is 0 Å². The molecule has 1 saturated carbocycles. The van der Waals surface area contributed by atoms with E-state index in [2.05, 4.69) is 20.2 Å². The van der Waals surface area contributed by atoms with Crippen molar-refractivity contribution >= 4 is 28.1 Å². The molecule has 1 aromatic carbocycles. The van der Waals surface area contributed by atoms with Crippen LogP contribution in [-0.2, 0) is 23.0 Å². The summed E-state index contributed by atoms with van der Waals surface area (Å²) in [5.41, 5.74) is 0.304. The van der Waals surface area contributed by atoms with E-state index >= 15 is 0 Å².